The monoisotopic (exact) mass is 693 g/mol. The van der Waals surface area contributed by atoms with Crippen molar-refractivity contribution in [2.75, 3.05) is 13.1 Å². The predicted molar refractivity (Wildman–Crippen MR) is 188 cm³/mol. The molecule has 0 aromatic heterocycles. The molecule has 2 aromatic rings. The average Bonchev–Trinajstić information content (AvgIpc) is 3.02. The Hall–Kier alpha value is -4.81. The smallest absolute Gasteiger partial charge is 0.320 e. The van der Waals surface area contributed by atoms with Gasteiger partial charge in [-0.15, -0.1) is 0 Å². The highest BCUT2D eigenvalue weighted by atomic mass is 16.4. The van der Waals surface area contributed by atoms with Crippen molar-refractivity contribution in [1.82, 2.24) is 0 Å². The van der Waals surface area contributed by atoms with E-state index in [1.807, 2.05) is 44.2 Å². The maximum absolute atomic E-state index is 10.6. The van der Waals surface area contributed by atoms with Crippen molar-refractivity contribution in [2.24, 2.45) is 50.9 Å². The molecule has 0 bridgehead atoms. The van der Waals surface area contributed by atoms with Crippen LogP contribution in [-0.2, 0) is 32.0 Å². The fourth-order valence-electron chi connectivity index (χ4n) is 3.85. The molecule has 0 aliphatic carbocycles. The van der Waals surface area contributed by atoms with Gasteiger partial charge in [0.25, 0.3) is 0 Å². The van der Waals surface area contributed by atoms with Crippen molar-refractivity contribution in [2.45, 2.75) is 83.0 Å². The van der Waals surface area contributed by atoms with E-state index in [1.54, 1.807) is 12.1 Å². The first-order chi connectivity index (χ1) is 22.8. The van der Waals surface area contributed by atoms with Gasteiger partial charge in [0.1, 0.15) is 23.9 Å². The van der Waals surface area contributed by atoms with E-state index < -0.39 is 48.0 Å². The number of nitrogens with zero attached hydrogens (tertiary/aromatic N) is 1. The molecule has 20 N–H and O–H groups in total. The number of phenols is 1. The van der Waals surface area contributed by atoms with Crippen LogP contribution in [0.4, 0.5) is 0 Å². The molecular weight excluding hydrogens is 638 g/mol. The van der Waals surface area contributed by atoms with Crippen LogP contribution in [-0.4, -0.2) is 87.5 Å². The zero-order valence-electron chi connectivity index (χ0n) is 28.2. The Balaban J connectivity index is 0. The highest BCUT2D eigenvalue weighted by molar-refractivity contribution is 5.79. The molecule has 276 valence electrons. The highest BCUT2D eigenvalue weighted by Gasteiger charge is 2.15. The van der Waals surface area contributed by atoms with Crippen LogP contribution in [0.2, 0.25) is 0 Å². The first-order valence-corrected chi connectivity index (χ1v) is 15.4. The lowest BCUT2D eigenvalue weighted by Crippen LogP contribution is -2.36. The Morgan fingerprint density at radius 3 is 1.59 bits per heavy atom. The third-order valence-corrected chi connectivity index (χ3v) is 6.66. The lowest BCUT2D eigenvalue weighted by atomic mass is 9.96. The summed E-state index contributed by atoms with van der Waals surface area (Å²) in [5.74, 6) is -3.20. The summed E-state index contributed by atoms with van der Waals surface area (Å²) < 4.78 is 0. The van der Waals surface area contributed by atoms with Crippen molar-refractivity contribution >= 4 is 29.8 Å². The number of hydrogen-bond acceptors (Lipinski definition) is 11. The number of phenolic OH excluding ortho intramolecular Hbond substituents is 1. The van der Waals surface area contributed by atoms with E-state index in [4.69, 9.17) is 61.2 Å². The molecule has 17 nitrogen and oxygen atoms in total. The lowest BCUT2D eigenvalue weighted by molar-refractivity contribution is -0.139. The number of carboxylic acid groups (broad SMARTS) is 3. The second kappa shape index (κ2) is 26.2. The number of rotatable bonds is 16. The van der Waals surface area contributed by atoms with E-state index in [1.165, 1.54) is 0 Å². The van der Waals surface area contributed by atoms with Gasteiger partial charge in [-0.3, -0.25) is 24.2 Å². The minimum Gasteiger partial charge on any atom is -0.508 e. The van der Waals surface area contributed by atoms with E-state index in [-0.39, 0.29) is 18.1 Å². The minimum absolute atomic E-state index is 0.0129. The van der Waals surface area contributed by atoms with Crippen molar-refractivity contribution in [1.29, 1.82) is 0 Å². The van der Waals surface area contributed by atoms with Crippen LogP contribution in [0.25, 0.3) is 0 Å². The lowest BCUT2D eigenvalue weighted by Gasteiger charge is -2.12. The molecule has 2 rings (SSSR count). The van der Waals surface area contributed by atoms with Gasteiger partial charge in [-0.1, -0.05) is 36.8 Å². The van der Waals surface area contributed by atoms with Crippen LogP contribution < -0.4 is 45.9 Å². The molecule has 0 saturated heterocycles. The van der Waals surface area contributed by atoms with Crippen molar-refractivity contribution < 1.29 is 39.6 Å². The Labute approximate surface area is 286 Å². The van der Waals surface area contributed by atoms with Crippen LogP contribution in [0.3, 0.4) is 0 Å². The summed E-state index contributed by atoms with van der Waals surface area (Å²) in [6.45, 7) is 4.72. The van der Waals surface area contributed by atoms with Gasteiger partial charge >= 0.3 is 17.9 Å². The van der Waals surface area contributed by atoms with Crippen molar-refractivity contribution in [3.05, 3.63) is 64.7 Å². The number of aliphatic carboxylic acids is 3. The van der Waals surface area contributed by atoms with Gasteiger partial charge in [-0.2, -0.15) is 0 Å². The number of amides is 1. The Morgan fingerprint density at radius 2 is 1.16 bits per heavy atom. The van der Waals surface area contributed by atoms with E-state index >= 15 is 0 Å². The predicted octanol–water partition coefficient (Wildman–Crippen LogP) is -1.02. The molecule has 0 aliphatic rings. The number of hydrogen-bond donors (Lipinski definition) is 12. The number of guanidine groups is 1. The fraction of sp³-hybridized carbons (Fsp3) is 0.469. The van der Waals surface area contributed by atoms with Crippen LogP contribution in [0, 0.1) is 13.8 Å². The van der Waals surface area contributed by atoms with Crippen molar-refractivity contribution in [3.63, 3.8) is 0 Å². The molecule has 4 unspecified atom stereocenters. The summed E-state index contributed by atoms with van der Waals surface area (Å²) >= 11 is 0. The largest absolute Gasteiger partial charge is 0.508 e. The Bertz CT molecular complexity index is 1290. The summed E-state index contributed by atoms with van der Waals surface area (Å²) in [4.78, 5) is 45.3. The summed E-state index contributed by atoms with van der Waals surface area (Å²) in [5, 5.41) is 34.9. The zero-order valence-corrected chi connectivity index (χ0v) is 28.2. The third-order valence-electron chi connectivity index (χ3n) is 6.66. The van der Waals surface area contributed by atoms with Crippen LogP contribution in [0.15, 0.2) is 47.5 Å². The molecule has 0 aliphatic heterocycles. The van der Waals surface area contributed by atoms with E-state index in [0.717, 1.165) is 35.1 Å². The number of nitrogens with two attached hydrogens (primary N) is 8. The molecule has 2 aromatic carbocycles. The molecule has 0 saturated carbocycles. The molecule has 17 heteroatoms. The number of aryl methyl sites for hydroxylation is 2. The number of aliphatic imine (C=N–C) groups is 1. The quantitative estimate of drug-likeness (QED) is 0.0569. The minimum atomic E-state index is -1.01. The molecule has 0 heterocycles. The van der Waals surface area contributed by atoms with Crippen LogP contribution >= 0.6 is 0 Å². The summed E-state index contributed by atoms with van der Waals surface area (Å²) in [7, 11) is 0. The van der Waals surface area contributed by atoms with Gasteiger partial charge in [0.15, 0.2) is 5.96 Å². The molecule has 0 radical (unpaired) electrons. The third kappa shape index (κ3) is 24.1. The van der Waals surface area contributed by atoms with Gasteiger partial charge in [-0.25, -0.2) is 0 Å². The normalized spacial score (nSPS) is 12.5. The molecule has 0 spiro atoms. The van der Waals surface area contributed by atoms with Gasteiger partial charge in [0, 0.05) is 6.54 Å². The molecule has 4 atom stereocenters. The summed E-state index contributed by atoms with van der Waals surface area (Å²) in [6.07, 6.45) is 4.05. The van der Waals surface area contributed by atoms with Crippen molar-refractivity contribution in [3.8, 4) is 5.75 Å². The molecule has 1 amide bonds. The number of unbranched alkanes of at least 4 members (excludes halogenated alkanes) is 1. The number of benzene rings is 2. The van der Waals surface area contributed by atoms with Gasteiger partial charge < -0.3 is 66.3 Å². The summed E-state index contributed by atoms with van der Waals surface area (Å²) in [5.41, 5.74) is 45.2. The number of carboxylic acids is 3. The van der Waals surface area contributed by atoms with E-state index in [9.17, 15) is 24.3 Å². The van der Waals surface area contributed by atoms with Gasteiger partial charge in [0.05, 0.1) is 6.04 Å². The number of aromatic hydroxyl groups is 1. The maximum atomic E-state index is 10.6. The van der Waals surface area contributed by atoms with Crippen LogP contribution in [0.5, 0.6) is 5.75 Å². The molecule has 0 fully saturated rings. The standard InChI is InChI=1S/C11H15NO3.C9H11NO2.C6H14N4O2.C6H15N3O/c1-6-3-8(13)4-7(2)9(6)5-10(12)11(14)15;10-8(9(11)12)6-7-4-2-1-3-5-7;7-4(5(11)12)2-1-3-10-6(8)9;7-4-2-1-3-5(8)6(9)10/h3-4,10,13H,5,12H2,1-2H3,(H,14,15);1-5,8H,6,10H2,(H,11,12);4H,1-3,7H2,(H,11,12)(H4,8,9,10);5H,1-4,7-8H2,(H2,9,10). The molecular formula is C32H55N9O8. The SMILES string of the molecule is Cc1cc(O)cc(C)c1CC(N)C(=O)O.NC(Cc1ccccc1)C(=O)O.NC(N)=NCCCC(N)C(=O)O.NCCCCC(N)C(N)=O. The average molecular weight is 694 g/mol. The number of primary amides is 1. The zero-order chi connectivity index (χ0) is 38.1. The maximum Gasteiger partial charge on any atom is 0.320 e. The Morgan fingerprint density at radius 1 is 0.694 bits per heavy atom. The first kappa shape index (κ1) is 46.3. The van der Waals surface area contributed by atoms with Gasteiger partial charge in [-0.05, 0) is 93.3 Å². The highest BCUT2D eigenvalue weighted by Crippen LogP contribution is 2.21. The summed E-state index contributed by atoms with van der Waals surface area (Å²) in [6, 6.07) is 9.55. The first-order valence-electron chi connectivity index (χ1n) is 15.4. The number of carbonyl (C=O) groups excluding carboxylic acids is 1. The van der Waals surface area contributed by atoms with Crippen LogP contribution in [0.1, 0.15) is 54.4 Å². The topological polar surface area (TPSA) is 370 Å². The fourth-order valence-corrected chi connectivity index (χ4v) is 3.85. The van der Waals surface area contributed by atoms with E-state index in [0.29, 0.717) is 38.8 Å². The number of carbonyl (C=O) groups is 4. The second-order valence-corrected chi connectivity index (χ2v) is 11.0. The van der Waals surface area contributed by atoms with Gasteiger partial charge in [0.2, 0.25) is 5.91 Å². The van der Waals surface area contributed by atoms with E-state index in [2.05, 4.69) is 4.99 Å². The Kier molecular flexibility index (Phi) is 24.7. The second-order valence-electron chi connectivity index (χ2n) is 11.0. The molecule has 49 heavy (non-hydrogen) atoms.